The Balaban J connectivity index is 1.92. The van der Waals surface area contributed by atoms with Crippen molar-refractivity contribution in [3.05, 3.63) is 47.5 Å². The Morgan fingerprint density at radius 2 is 2.00 bits per heavy atom. The van der Waals surface area contributed by atoms with Gasteiger partial charge in [0.1, 0.15) is 28.7 Å². The summed E-state index contributed by atoms with van der Waals surface area (Å²) in [6.45, 7) is 4.47. The Morgan fingerprint density at radius 3 is 2.77 bits per heavy atom. The summed E-state index contributed by atoms with van der Waals surface area (Å²) in [5.41, 5.74) is 2.08. The zero-order chi connectivity index (χ0) is 18.3. The molecule has 0 radical (unpaired) electrons. The molecule has 1 fully saturated rings. The molecule has 1 saturated heterocycles. The van der Waals surface area contributed by atoms with Crippen molar-refractivity contribution in [1.82, 2.24) is 19.9 Å². The third-order valence-electron chi connectivity index (χ3n) is 4.58. The van der Waals surface area contributed by atoms with Gasteiger partial charge >= 0.3 is 0 Å². The van der Waals surface area contributed by atoms with E-state index >= 15 is 0 Å². The van der Waals surface area contributed by atoms with Crippen LogP contribution in [0.15, 0.2) is 24.4 Å². The largest absolute Gasteiger partial charge is 0.378 e. The second kappa shape index (κ2) is 6.64. The van der Waals surface area contributed by atoms with Crippen LogP contribution in [0.2, 0.25) is 0 Å². The molecule has 0 spiro atoms. The van der Waals surface area contributed by atoms with Gasteiger partial charge in [-0.05, 0) is 38.8 Å². The molecule has 4 rings (SSSR count). The number of hydrogen-bond donors (Lipinski definition) is 0. The van der Waals surface area contributed by atoms with Crippen LogP contribution in [-0.4, -0.2) is 32.6 Å². The van der Waals surface area contributed by atoms with E-state index < -0.39 is 11.6 Å². The summed E-state index contributed by atoms with van der Waals surface area (Å²) in [5.74, 6) is -0.609. The lowest BCUT2D eigenvalue weighted by atomic mass is 9.95. The summed E-state index contributed by atoms with van der Waals surface area (Å²) in [4.78, 5) is 18.0. The third kappa shape index (κ3) is 3.14. The Bertz CT molecular complexity index is 979. The predicted octanol–water partition coefficient (Wildman–Crippen LogP) is 3.96. The van der Waals surface area contributed by atoms with Crippen molar-refractivity contribution in [3.63, 3.8) is 0 Å². The molecule has 7 heteroatoms. The van der Waals surface area contributed by atoms with Crippen LogP contribution in [-0.2, 0) is 4.74 Å². The highest BCUT2D eigenvalue weighted by atomic mass is 19.1. The van der Waals surface area contributed by atoms with E-state index in [1.807, 2.05) is 13.8 Å². The van der Waals surface area contributed by atoms with Gasteiger partial charge in [0.2, 0.25) is 0 Å². The van der Waals surface area contributed by atoms with E-state index in [-0.39, 0.29) is 17.6 Å². The van der Waals surface area contributed by atoms with Crippen molar-refractivity contribution in [2.45, 2.75) is 38.7 Å². The van der Waals surface area contributed by atoms with Gasteiger partial charge in [0.05, 0.1) is 11.8 Å². The van der Waals surface area contributed by atoms with Gasteiger partial charge in [0.25, 0.3) is 0 Å². The molecule has 0 N–H and O–H groups in total. The summed E-state index contributed by atoms with van der Waals surface area (Å²) >= 11 is 0. The summed E-state index contributed by atoms with van der Waals surface area (Å²) in [7, 11) is 0. The lowest BCUT2D eigenvalue weighted by Gasteiger charge is -2.26. The summed E-state index contributed by atoms with van der Waals surface area (Å²) < 4.78 is 33.3. The molecule has 1 aliphatic heterocycles. The Labute approximate surface area is 149 Å². The average Bonchev–Trinajstić information content (AvgIpc) is 2.60. The molecule has 2 aromatic heterocycles. The van der Waals surface area contributed by atoms with Gasteiger partial charge < -0.3 is 4.74 Å². The highest BCUT2D eigenvalue weighted by Crippen LogP contribution is 2.32. The van der Waals surface area contributed by atoms with Gasteiger partial charge in [-0.2, -0.15) is 0 Å². The predicted molar refractivity (Wildman–Crippen MR) is 92.6 cm³/mol. The first kappa shape index (κ1) is 16.9. The molecule has 3 heterocycles. The maximum atomic E-state index is 14.4. The lowest BCUT2D eigenvalue weighted by molar-refractivity contribution is 0.0173. The van der Waals surface area contributed by atoms with Gasteiger partial charge in [-0.1, -0.05) is 0 Å². The number of fused-ring (bicyclic) bond motifs is 1. The molecule has 1 aromatic carbocycles. The van der Waals surface area contributed by atoms with Crippen LogP contribution in [0.3, 0.4) is 0 Å². The molecule has 2 atom stereocenters. The monoisotopic (exact) mass is 356 g/mol. The molecule has 134 valence electrons. The molecule has 0 unspecified atom stereocenters. The minimum Gasteiger partial charge on any atom is -0.378 e. The van der Waals surface area contributed by atoms with Crippen molar-refractivity contribution in [2.24, 2.45) is 0 Å². The molecular weight excluding hydrogens is 338 g/mol. The maximum Gasteiger partial charge on any atom is 0.182 e. The van der Waals surface area contributed by atoms with E-state index in [0.717, 1.165) is 18.9 Å². The van der Waals surface area contributed by atoms with Crippen LogP contribution in [0.4, 0.5) is 8.78 Å². The van der Waals surface area contributed by atoms with E-state index in [9.17, 15) is 8.78 Å². The Morgan fingerprint density at radius 1 is 1.15 bits per heavy atom. The van der Waals surface area contributed by atoms with Crippen LogP contribution >= 0.6 is 0 Å². The zero-order valence-electron chi connectivity index (χ0n) is 14.5. The first-order chi connectivity index (χ1) is 12.5. The van der Waals surface area contributed by atoms with E-state index in [0.29, 0.717) is 35.0 Å². The van der Waals surface area contributed by atoms with Crippen LogP contribution in [0.25, 0.3) is 22.4 Å². The molecule has 5 nitrogen and oxygen atoms in total. The number of benzene rings is 1. The van der Waals surface area contributed by atoms with E-state index in [1.54, 1.807) is 6.20 Å². The number of ether oxygens (including phenoxy) is 1. The number of halogens is 2. The topological polar surface area (TPSA) is 60.8 Å². The molecule has 0 saturated carbocycles. The SMILES string of the molecule is Cc1cnc2c(-c3ccc(F)cc3F)nc([C@@H]3CCO[C@@H](C)C3)nc2n1. The molecule has 0 aliphatic carbocycles. The zero-order valence-corrected chi connectivity index (χ0v) is 14.5. The quantitative estimate of drug-likeness (QED) is 0.696. The van der Waals surface area contributed by atoms with Crippen LogP contribution in [0.5, 0.6) is 0 Å². The number of hydrogen-bond acceptors (Lipinski definition) is 5. The number of aromatic nitrogens is 4. The van der Waals surface area contributed by atoms with Crippen molar-refractivity contribution < 1.29 is 13.5 Å². The second-order valence-corrected chi connectivity index (χ2v) is 6.64. The molecule has 0 bridgehead atoms. The fourth-order valence-corrected chi connectivity index (χ4v) is 3.30. The van der Waals surface area contributed by atoms with Gasteiger partial charge in [0, 0.05) is 30.4 Å². The van der Waals surface area contributed by atoms with Crippen molar-refractivity contribution >= 4 is 11.2 Å². The van der Waals surface area contributed by atoms with E-state index in [4.69, 9.17) is 4.74 Å². The van der Waals surface area contributed by atoms with Gasteiger partial charge in [-0.15, -0.1) is 0 Å². The molecular formula is C19H18F2N4O. The van der Waals surface area contributed by atoms with E-state index in [1.165, 1.54) is 12.1 Å². The standard InChI is InChI=1S/C19H18F2N4O/c1-10-9-22-17-16(14-4-3-13(20)8-15(14)21)24-18(25-19(17)23-10)12-5-6-26-11(2)7-12/h3-4,8-9,11-12H,5-7H2,1-2H3/t11-,12+/m0/s1. The fraction of sp³-hybridized carbons (Fsp3) is 0.368. The minimum absolute atomic E-state index is 0.104. The maximum absolute atomic E-state index is 14.4. The first-order valence-electron chi connectivity index (χ1n) is 8.59. The number of rotatable bonds is 2. The summed E-state index contributed by atoms with van der Waals surface area (Å²) in [6, 6.07) is 3.44. The molecule has 3 aromatic rings. The van der Waals surface area contributed by atoms with Gasteiger partial charge in [-0.3, -0.25) is 0 Å². The molecule has 1 aliphatic rings. The van der Waals surface area contributed by atoms with Crippen LogP contribution in [0.1, 0.15) is 37.2 Å². The highest BCUT2D eigenvalue weighted by Gasteiger charge is 2.25. The van der Waals surface area contributed by atoms with Crippen molar-refractivity contribution in [1.29, 1.82) is 0 Å². The third-order valence-corrected chi connectivity index (χ3v) is 4.58. The Hall–Kier alpha value is -2.54. The Kier molecular flexibility index (Phi) is 4.32. The number of aryl methyl sites for hydroxylation is 1. The summed E-state index contributed by atoms with van der Waals surface area (Å²) in [5, 5.41) is 0. The fourth-order valence-electron chi connectivity index (χ4n) is 3.30. The second-order valence-electron chi connectivity index (χ2n) is 6.64. The molecule has 26 heavy (non-hydrogen) atoms. The average molecular weight is 356 g/mol. The lowest BCUT2D eigenvalue weighted by Crippen LogP contribution is -2.23. The summed E-state index contributed by atoms with van der Waals surface area (Å²) in [6.07, 6.45) is 3.28. The number of nitrogens with zero attached hydrogens (tertiary/aromatic N) is 4. The van der Waals surface area contributed by atoms with Crippen LogP contribution < -0.4 is 0 Å². The normalized spacial score (nSPS) is 20.5. The van der Waals surface area contributed by atoms with Crippen LogP contribution in [0, 0.1) is 18.6 Å². The minimum atomic E-state index is -0.682. The van der Waals surface area contributed by atoms with Crippen molar-refractivity contribution in [2.75, 3.05) is 6.61 Å². The highest BCUT2D eigenvalue weighted by molar-refractivity contribution is 5.86. The smallest absolute Gasteiger partial charge is 0.182 e. The van der Waals surface area contributed by atoms with E-state index in [2.05, 4.69) is 19.9 Å². The first-order valence-corrected chi connectivity index (χ1v) is 8.59. The molecule has 0 amide bonds. The van der Waals surface area contributed by atoms with Gasteiger partial charge in [-0.25, -0.2) is 28.7 Å². The van der Waals surface area contributed by atoms with Crippen molar-refractivity contribution in [3.8, 4) is 11.3 Å². The van der Waals surface area contributed by atoms with Gasteiger partial charge in [0.15, 0.2) is 5.65 Å².